The lowest BCUT2D eigenvalue weighted by atomic mass is 10.0. The smallest absolute Gasteiger partial charge is 0.189 e. The Morgan fingerprint density at radius 1 is 1.83 bits per heavy atom. The number of halogens is 1. The van der Waals surface area contributed by atoms with Gasteiger partial charge in [-0.3, -0.25) is 5.41 Å². The molecule has 2 nitrogen and oxygen atoms in total. The number of allylic oxidation sites excluding steroid dienone is 3. The van der Waals surface area contributed by atoms with Crippen LogP contribution >= 0.6 is 11.6 Å². The minimum absolute atomic E-state index is 0.0587. The third-order valence-corrected chi connectivity index (χ3v) is 2.10. The van der Waals surface area contributed by atoms with Crippen LogP contribution < -0.4 is 0 Å². The first-order valence-corrected chi connectivity index (χ1v) is 4.37. The molecule has 1 aliphatic rings. The van der Waals surface area contributed by atoms with Gasteiger partial charge in [0.15, 0.2) is 5.90 Å². The molecule has 1 rings (SSSR count). The molecule has 0 bridgehead atoms. The molecular weight excluding hydrogens is 174 g/mol. The summed E-state index contributed by atoms with van der Waals surface area (Å²) in [6.07, 6.45) is 6.47. The van der Waals surface area contributed by atoms with Gasteiger partial charge >= 0.3 is 0 Å². The van der Waals surface area contributed by atoms with Crippen LogP contribution in [0.5, 0.6) is 0 Å². The van der Waals surface area contributed by atoms with E-state index < -0.39 is 0 Å². The lowest BCUT2D eigenvalue weighted by molar-refractivity contribution is 0.303. The zero-order valence-electron chi connectivity index (χ0n) is 7.01. The van der Waals surface area contributed by atoms with Crippen LogP contribution in [0.25, 0.3) is 0 Å². The molecule has 0 aromatic carbocycles. The van der Waals surface area contributed by atoms with Gasteiger partial charge in [-0.15, -0.1) is 0 Å². The van der Waals surface area contributed by atoms with Gasteiger partial charge in [-0.1, -0.05) is 23.8 Å². The summed E-state index contributed by atoms with van der Waals surface area (Å²) in [7, 11) is 0. The molecule has 0 heterocycles. The van der Waals surface area contributed by atoms with Crippen LogP contribution in [0.15, 0.2) is 23.3 Å². The minimum atomic E-state index is -0.0587. The summed E-state index contributed by atoms with van der Waals surface area (Å²) in [6, 6.07) is 0. The van der Waals surface area contributed by atoms with Crippen molar-refractivity contribution >= 4 is 17.5 Å². The quantitative estimate of drug-likeness (QED) is 0.521. The predicted octanol–water partition coefficient (Wildman–Crippen LogP) is 2.70. The Morgan fingerprint density at radius 2 is 2.58 bits per heavy atom. The van der Waals surface area contributed by atoms with Gasteiger partial charge in [0.2, 0.25) is 0 Å². The Balaban J connectivity index is 2.58. The number of ether oxygens (including phenoxy) is 1. The van der Waals surface area contributed by atoms with Crippen molar-refractivity contribution < 1.29 is 4.74 Å². The zero-order chi connectivity index (χ0) is 8.97. The second-order valence-corrected chi connectivity index (χ2v) is 3.00. The first kappa shape index (κ1) is 9.33. The van der Waals surface area contributed by atoms with E-state index in [2.05, 4.69) is 0 Å². The first-order valence-electron chi connectivity index (χ1n) is 3.99. The maximum absolute atomic E-state index is 7.53. The predicted molar refractivity (Wildman–Crippen MR) is 50.5 cm³/mol. The molecular formula is C9H12ClNO. The summed E-state index contributed by atoms with van der Waals surface area (Å²) in [5.41, 5.74) is 0. The van der Waals surface area contributed by atoms with Crippen LogP contribution in [0.4, 0.5) is 0 Å². The molecule has 0 spiro atoms. The van der Waals surface area contributed by atoms with Crippen molar-refractivity contribution in [2.75, 3.05) is 6.61 Å². The van der Waals surface area contributed by atoms with Gasteiger partial charge in [0.1, 0.15) is 0 Å². The van der Waals surface area contributed by atoms with E-state index in [0.717, 1.165) is 6.42 Å². The highest BCUT2D eigenvalue weighted by molar-refractivity contribution is 6.31. The van der Waals surface area contributed by atoms with Gasteiger partial charge in [0.25, 0.3) is 0 Å². The lowest BCUT2D eigenvalue weighted by Crippen LogP contribution is -2.17. The highest BCUT2D eigenvalue weighted by Gasteiger charge is 2.19. The molecule has 0 saturated heterocycles. The maximum atomic E-state index is 7.53. The molecule has 0 aliphatic heterocycles. The van der Waals surface area contributed by atoms with Crippen molar-refractivity contribution in [1.29, 1.82) is 5.41 Å². The second-order valence-electron chi connectivity index (χ2n) is 2.57. The molecule has 0 amide bonds. The van der Waals surface area contributed by atoms with Crippen LogP contribution in [0, 0.1) is 11.3 Å². The highest BCUT2D eigenvalue weighted by atomic mass is 35.5. The zero-order valence-corrected chi connectivity index (χ0v) is 7.77. The van der Waals surface area contributed by atoms with E-state index in [1.165, 1.54) is 0 Å². The fourth-order valence-corrected chi connectivity index (χ4v) is 1.35. The van der Waals surface area contributed by atoms with Crippen molar-refractivity contribution in [2.45, 2.75) is 13.3 Å². The number of nitrogens with one attached hydrogen (secondary N) is 1. The molecule has 0 fully saturated rings. The summed E-state index contributed by atoms with van der Waals surface area (Å²) < 4.78 is 5.08. The topological polar surface area (TPSA) is 33.1 Å². The van der Waals surface area contributed by atoms with E-state index >= 15 is 0 Å². The van der Waals surface area contributed by atoms with Crippen LogP contribution in [0.1, 0.15) is 13.3 Å². The van der Waals surface area contributed by atoms with Gasteiger partial charge in [-0.05, 0) is 19.4 Å². The monoisotopic (exact) mass is 185 g/mol. The Morgan fingerprint density at radius 3 is 3.17 bits per heavy atom. The average molecular weight is 186 g/mol. The molecule has 0 radical (unpaired) electrons. The molecule has 1 N–H and O–H groups in total. The standard InChI is InChI=1S/C9H12ClNO/c1-2-12-9(11)7-5-3-4-6-8(7)10/h3-4,6-7,11H,2,5H2,1H3. The molecule has 1 aliphatic carbocycles. The average Bonchev–Trinajstić information content (AvgIpc) is 2.05. The normalized spacial score (nSPS) is 21.8. The molecule has 0 aromatic rings. The van der Waals surface area contributed by atoms with E-state index in [-0.39, 0.29) is 11.8 Å². The van der Waals surface area contributed by atoms with E-state index in [0.29, 0.717) is 11.6 Å². The summed E-state index contributed by atoms with van der Waals surface area (Å²) in [6.45, 7) is 2.40. The summed E-state index contributed by atoms with van der Waals surface area (Å²) in [5.74, 6) is 0.208. The van der Waals surface area contributed by atoms with Crippen molar-refractivity contribution in [3.05, 3.63) is 23.3 Å². The van der Waals surface area contributed by atoms with Crippen LogP contribution in [0.3, 0.4) is 0 Å². The van der Waals surface area contributed by atoms with Crippen molar-refractivity contribution in [3.8, 4) is 0 Å². The molecule has 1 atom stereocenters. The largest absolute Gasteiger partial charge is 0.481 e. The number of hydrogen-bond donors (Lipinski definition) is 1. The Bertz CT molecular complexity index is 233. The van der Waals surface area contributed by atoms with Crippen LogP contribution in [0.2, 0.25) is 0 Å². The molecule has 66 valence electrons. The van der Waals surface area contributed by atoms with E-state index in [1.807, 2.05) is 25.2 Å². The Kier molecular flexibility index (Phi) is 3.35. The lowest BCUT2D eigenvalue weighted by Gasteiger charge is -2.17. The fraction of sp³-hybridized carbons (Fsp3) is 0.444. The van der Waals surface area contributed by atoms with E-state index in [1.54, 1.807) is 0 Å². The third-order valence-electron chi connectivity index (χ3n) is 1.71. The molecule has 0 saturated carbocycles. The maximum Gasteiger partial charge on any atom is 0.189 e. The molecule has 12 heavy (non-hydrogen) atoms. The van der Waals surface area contributed by atoms with Crippen LogP contribution in [-0.4, -0.2) is 12.5 Å². The number of hydrogen-bond acceptors (Lipinski definition) is 2. The molecule has 1 unspecified atom stereocenters. The Hall–Kier alpha value is -0.760. The van der Waals surface area contributed by atoms with Gasteiger partial charge in [0.05, 0.1) is 12.5 Å². The summed E-state index contributed by atoms with van der Waals surface area (Å²) in [5, 5.41) is 8.22. The van der Waals surface area contributed by atoms with Gasteiger partial charge in [0, 0.05) is 5.03 Å². The van der Waals surface area contributed by atoms with Gasteiger partial charge in [-0.25, -0.2) is 0 Å². The van der Waals surface area contributed by atoms with Gasteiger partial charge in [-0.2, -0.15) is 0 Å². The second kappa shape index (κ2) is 4.31. The minimum Gasteiger partial charge on any atom is -0.481 e. The van der Waals surface area contributed by atoms with E-state index in [4.69, 9.17) is 21.7 Å². The molecule has 0 aromatic heterocycles. The first-order chi connectivity index (χ1) is 5.75. The highest BCUT2D eigenvalue weighted by Crippen LogP contribution is 2.24. The SMILES string of the molecule is CCOC(=N)C1CC=CC=C1Cl. The van der Waals surface area contributed by atoms with Gasteiger partial charge < -0.3 is 4.74 Å². The summed E-state index contributed by atoms with van der Waals surface area (Å²) in [4.78, 5) is 0. The summed E-state index contributed by atoms with van der Waals surface area (Å²) >= 11 is 5.90. The number of rotatable bonds is 2. The molecule has 3 heteroatoms. The fourth-order valence-electron chi connectivity index (χ4n) is 1.09. The van der Waals surface area contributed by atoms with Crippen LogP contribution in [-0.2, 0) is 4.74 Å². The Labute approximate surface area is 77.4 Å². The third kappa shape index (κ3) is 2.11. The van der Waals surface area contributed by atoms with Crippen molar-refractivity contribution in [2.24, 2.45) is 5.92 Å². The van der Waals surface area contributed by atoms with Crippen molar-refractivity contribution in [3.63, 3.8) is 0 Å². The van der Waals surface area contributed by atoms with Crippen molar-refractivity contribution in [1.82, 2.24) is 0 Å². The van der Waals surface area contributed by atoms with E-state index in [9.17, 15) is 0 Å².